The highest BCUT2D eigenvalue weighted by Crippen LogP contribution is 2.41. The number of likely N-dealkylation sites (tertiary alicyclic amines) is 1. The molecule has 3 atom stereocenters. The molecule has 37 heavy (non-hydrogen) atoms. The summed E-state index contributed by atoms with van der Waals surface area (Å²) in [7, 11) is 0. The van der Waals surface area contributed by atoms with Gasteiger partial charge in [0.2, 0.25) is 11.8 Å². The first-order valence-electron chi connectivity index (χ1n) is 13.1. The maximum Gasteiger partial charge on any atom is 0.255 e. The van der Waals surface area contributed by atoms with E-state index in [9.17, 15) is 24.6 Å². The molecule has 8 heteroatoms. The summed E-state index contributed by atoms with van der Waals surface area (Å²) in [5.74, 6) is -0.995. The van der Waals surface area contributed by atoms with Crippen LogP contribution < -0.4 is 5.32 Å². The van der Waals surface area contributed by atoms with Crippen LogP contribution in [0.25, 0.3) is 0 Å². The van der Waals surface area contributed by atoms with Gasteiger partial charge in [0.05, 0.1) is 11.7 Å². The van der Waals surface area contributed by atoms with Crippen molar-refractivity contribution in [3.8, 4) is 0 Å². The lowest BCUT2D eigenvalue weighted by molar-refractivity contribution is -0.143. The lowest BCUT2D eigenvalue weighted by Crippen LogP contribution is -2.55. The number of aliphatic hydroxyl groups excluding tert-OH is 1. The Morgan fingerprint density at radius 2 is 1.81 bits per heavy atom. The number of β-amino-alcohol motifs (C(OH)–C–C–N with tert-alkyl or cyclic N) is 1. The van der Waals surface area contributed by atoms with Crippen molar-refractivity contribution in [1.82, 2.24) is 15.1 Å². The van der Waals surface area contributed by atoms with E-state index < -0.39 is 23.8 Å². The average Bonchev–Trinajstić information content (AvgIpc) is 3.41. The van der Waals surface area contributed by atoms with Crippen LogP contribution >= 0.6 is 0 Å². The van der Waals surface area contributed by atoms with Gasteiger partial charge in [0, 0.05) is 31.6 Å². The predicted octanol–water partition coefficient (Wildman–Crippen LogP) is 2.32. The molecule has 0 radical (unpaired) electrons. The molecule has 1 saturated heterocycles. The SMILES string of the molecule is CC(C)[C@@H](C(=O)N1C[C@H](O)C[C@H]1C(=O)NCc1ccc(C2(O)CCC2)cc1)N1Cc2ccccc2C1=O. The molecule has 5 rings (SSSR count). The Hall–Kier alpha value is -3.23. The topological polar surface area (TPSA) is 110 Å². The number of benzene rings is 2. The first-order valence-corrected chi connectivity index (χ1v) is 13.1. The van der Waals surface area contributed by atoms with E-state index in [1.54, 1.807) is 11.0 Å². The van der Waals surface area contributed by atoms with Gasteiger partial charge in [-0.05, 0) is 47.9 Å². The second-order valence-corrected chi connectivity index (χ2v) is 11.0. The van der Waals surface area contributed by atoms with Gasteiger partial charge in [0.1, 0.15) is 12.1 Å². The molecule has 196 valence electrons. The fourth-order valence-electron chi connectivity index (χ4n) is 5.80. The van der Waals surface area contributed by atoms with E-state index in [2.05, 4.69) is 5.32 Å². The number of carbonyl (C=O) groups excluding carboxylic acids is 3. The maximum absolute atomic E-state index is 13.8. The summed E-state index contributed by atoms with van der Waals surface area (Å²) in [5, 5.41) is 23.8. The molecule has 2 aromatic carbocycles. The van der Waals surface area contributed by atoms with Crippen molar-refractivity contribution in [1.29, 1.82) is 0 Å². The Labute approximate surface area is 217 Å². The highest BCUT2D eigenvalue weighted by Gasteiger charge is 2.45. The lowest BCUT2D eigenvalue weighted by atomic mass is 9.75. The van der Waals surface area contributed by atoms with Crippen LogP contribution in [0.2, 0.25) is 0 Å². The summed E-state index contributed by atoms with van der Waals surface area (Å²) in [4.78, 5) is 43.1. The van der Waals surface area contributed by atoms with E-state index in [1.165, 1.54) is 4.90 Å². The van der Waals surface area contributed by atoms with Gasteiger partial charge in [0.25, 0.3) is 5.91 Å². The molecule has 0 unspecified atom stereocenters. The molecule has 0 bridgehead atoms. The molecule has 3 aliphatic rings. The van der Waals surface area contributed by atoms with E-state index in [4.69, 9.17) is 0 Å². The van der Waals surface area contributed by atoms with Crippen LogP contribution in [0.1, 0.15) is 66.6 Å². The second-order valence-electron chi connectivity index (χ2n) is 11.0. The number of nitrogens with one attached hydrogen (secondary N) is 1. The van der Waals surface area contributed by atoms with Crippen molar-refractivity contribution in [2.75, 3.05) is 6.54 Å². The monoisotopic (exact) mass is 505 g/mol. The lowest BCUT2D eigenvalue weighted by Gasteiger charge is -2.37. The molecule has 2 heterocycles. The van der Waals surface area contributed by atoms with Gasteiger partial charge in [-0.15, -0.1) is 0 Å². The number of hydrogen-bond acceptors (Lipinski definition) is 5. The molecule has 8 nitrogen and oxygen atoms in total. The van der Waals surface area contributed by atoms with Crippen molar-refractivity contribution in [3.05, 3.63) is 70.8 Å². The zero-order valence-electron chi connectivity index (χ0n) is 21.4. The number of aliphatic hydroxyl groups is 2. The van der Waals surface area contributed by atoms with E-state index in [0.29, 0.717) is 12.1 Å². The van der Waals surface area contributed by atoms with Crippen LogP contribution in [0.3, 0.4) is 0 Å². The zero-order valence-corrected chi connectivity index (χ0v) is 21.4. The molecule has 3 amide bonds. The number of amides is 3. The van der Waals surface area contributed by atoms with Gasteiger partial charge in [-0.1, -0.05) is 56.3 Å². The van der Waals surface area contributed by atoms with Crippen molar-refractivity contribution in [2.24, 2.45) is 5.92 Å². The van der Waals surface area contributed by atoms with Crippen LogP contribution in [0, 0.1) is 5.92 Å². The quantitative estimate of drug-likeness (QED) is 0.535. The van der Waals surface area contributed by atoms with Crippen LogP contribution in [0.5, 0.6) is 0 Å². The minimum atomic E-state index is -0.807. The molecular weight excluding hydrogens is 470 g/mol. The summed E-state index contributed by atoms with van der Waals surface area (Å²) < 4.78 is 0. The van der Waals surface area contributed by atoms with Gasteiger partial charge in [0.15, 0.2) is 0 Å². The minimum absolute atomic E-state index is 0.0579. The van der Waals surface area contributed by atoms with E-state index >= 15 is 0 Å². The number of carbonyl (C=O) groups is 3. The second kappa shape index (κ2) is 9.91. The van der Waals surface area contributed by atoms with Crippen molar-refractivity contribution in [2.45, 2.75) is 76.4 Å². The summed E-state index contributed by atoms with van der Waals surface area (Å²) in [5.41, 5.74) is 2.54. The molecule has 1 aliphatic carbocycles. The summed E-state index contributed by atoms with van der Waals surface area (Å²) in [6.07, 6.45) is 1.91. The predicted molar refractivity (Wildman–Crippen MR) is 137 cm³/mol. The Balaban J connectivity index is 1.27. The van der Waals surface area contributed by atoms with Gasteiger partial charge in [-0.3, -0.25) is 14.4 Å². The van der Waals surface area contributed by atoms with Crippen LogP contribution in [-0.4, -0.2) is 62.5 Å². The van der Waals surface area contributed by atoms with Crippen molar-refractivity contribution >= 4 is 17.7 Å². The van der Waals surface area contributed by atoms with E-state index in [-0.39, 0.29) is 43.1 Å². The third-order valence-corrected chi connectivity index (χ3v) is 8.07. The third-order valence-electron chi connectivity index (χ3n) is 8.07. The zero-order chi connectivity index (χ0) is 26.3. The van der Waals surface area contributed by atoms with E-state index in [1.807, 2.05) is 56.3 Å². The molecule has 0 aromatic heterocycles. The normalized spacial score (nSPS) is 23.1. The Kier molecular flexibility index (Phi) is 6.81. The Morgan fingerprint density at radius 1 is 1.11 bits per heavy atom. The fourth-order valence-corrected chi connectivity index (χ4v) is 5.80. The number of rotatable bonds is 7. The molecule has 2 aromatic rings. The van der Waals surface area contributed by atoms with Crippen LogP contribution in [0.4, 0.5) is 0 Å². The van der Waals surface area contributed by atoms with Crippen molar-refractivity contribution < 1.29 is 24.6 Å². The first kappa shape index (κ1) is 25.4. The molecule has 2 aliphatic heterocycles. The van der Waals surface area contributed by atoms with Crippen LogP contribution in [-0.2, 0) is 28.3 Å². The highest BCUT2D eigenvalue weighted by molar-refractivity contribution is 6.01. The smallest absolute Gasteiger partial charge is 0.255 e. The highest BCUT2D eigenvalue weighted by atomic mass is 16.3. The number of fused-ring (bicyclic) bond motifs is 1. The Morgan fingerprint density at radius 3 is 2.43 bits per heavy atom. The fraction of sp³-hybridized carbons (Fsp3) is 0.483. The van der Waals surface area contributed by atoms with Crippen molar-refractivity contribution in [3.63, 3.8) is 0 Å². The first-order chi connectivity index (χ1) is 17.7. The largest absolute Gasteiger partial charge is 0.391 e. The molecule has 0 spiro atoms. The average molecular weight is 506 g/mol. The van der Waals surface area contributed by atoms with Gasteiger partial charge >= 0.3 is 0 Å². The van der Waals surface area contributed by atoms with Gasteiger partial charge in [-0.2, -0.15) is 0 Å². The molecule has 3 N–H and O–H groups in total. The minimum Gasteiger partial charge on any atom is -0.391 e. The standard InChI is InChI=1S/C29H35N3O5/c1-18(2)25(32-16-20-6-3-4-7-23(20)27(32)35)28(36)31-17-22(33)14-24(31)26(34)30-15-19-8-10-21(11-9-19)29(37)12-5-13-29/h3-4,6-11,18,22,24-25,33,37H,5,12-17H2,1-2H3,(H,30,34)/t22-,24+,25+/m1/s1. The van der Waals surface area contributed by atoms with Crippen LogP contribution in [0.15, 0.2) is 48.5 Å². The summed E-state index contributed by atoms with van der Waals surface area (Å²) in [6.45, 7) is 4.47. The summed E-state index contributed by atoms with van der Waals surface area (Å²) >= 11 is 0. The van der Waals surface area contributed by atoms with Gasteiger partial charge in [-0.25, -0.2) is 0 Å². The third kappa shape index (κ3) is 4.76. The number of hydrogen-bond donors (Lipinski definition) is 3. The van der Waals surface area contributed by atoms with E-state index in [0.717, 1.165) is 36.0 Å². The molecule has 1 saturated carbocycles. The molecule has 2 fully saturated rings. The number of nitrogens with zero attached hydrogens (tertiary/aromatic N) is 2. The Bertz CT molecular complexity index is 1190. The molecular formula is C29H35N3O5. The van der Waals surface area contributed by atoms with Gasteiger partial charge < -0.3 is 25.3 Å². The maximum atomic E-state index is 13.8. The summed E-state index contributed by atoms with van der Waals surface area (Å²) in [6, 6.07) is 13.4.